The summed E-state index contributed by atoms with van der Waals surface area (Å²) in [6.07, 6.45) is 2.25. The lowest BCUT2D eigenvalue weighted by Crippen LogP contribution is -2.59. The summed E-state index contributed by atoms with van der Waals surface area (Å²) in [6, 6.07) is 3.39. The highest BCUT2D eigenvalue weighted by Gasteiger charge is 2.39. The third-order valence-electron chi connectivity index (χ3n) is 3.86. The van der Waals surface area contributed by atoms with Crippen molar-refractivity contribution in [2.24, 2.45) is 0 Å². The van der Waals surface area contributed by atoms with Crippen LogP contribution in [0.3, 0.4) is 0 Å². The molecular formula is C17H24F2N2O2. The summed E-state index contributed by atoms with van der Waals surface area (Å²) < 4.78 is 32.0. The smallest absolute Gasteiger partial charge is 0.408 e. The Morgan fingerprint density at radius 2 is 2.00 bits per heavy atom. The summed E-state index contributed by atoms with van der Waals surface area (Å²) in [5, 5.41) is 6.01. The average molecular weight is 326 g/mol. The van der Waals surface area contributed by atoms with Crippen molar-refractivity contribution in [1.29, 1.82) is 0 Å². The van der Waals surface area contributed by atoms with Crippen LogP contribution in [0.5, 0.6) is 0 Å². The number of alkyl carbamates (subject to hydrolysis) is 1. The first-order valence-corrected chi connectivity index (χ1v) is 7.85. The first-order valence-electron chi connectivity index (χ1n) is 7.85. The predicted molar refractivity (Wildman–Crippen MR) is 84.0 cm³/mol. The summed E-state index contributed by atoms with van der Waals surface area (Å²) in [5.74, 6) is -0.907. The number of hydrogen-bond donors (Lipinski definition) is 2. The van der Waals surface area contributed by atoms with E-state index in [0.29, 0.717) is 6.54 Å². The van der Waals surface area contributed by atoms with Crippen molar-refractivity contribution >= 4 is 6.09 Å². The summed E-state index contributed by atoms with van der Waals surface area (Å²) >= 11 is 0. The minimum absolute atomic E-state index is 0.210. The fraction of sp³-hybridized carbons (Fsp3) is 0.588. The molecule has 2 rings (SSSR count). The van der Waals surface area contributed by atoms with Crippen molar-refractivity contribution in [1.82, 2.24) is 10.6 Å². The van der Waals surface area contributed by atoms with Gasteiger partial charge in [-0.15, -0.1) is 0 Å². The molecule has 0 heterocycles. The normalized spacial score (nSPS) is 16.6. The Bertz CT molecular complexity index is 566. The zero-order valence-corrected chi connectivity index (χ0v) is 13.8. The van der Waals surface area contributed by atoms with Crippen LogP contribution >= 0.6 is 0 Å². The van der Waals surface area contributed by atoms with Crippen LogP contribution < -0.4 is 10.6 Å². The highest BCUT2D eigenvalue weighted by Crippen LogP contribution is 2.31. The van der Waals surface area contributed by atoms with Gasteiger partial charge < -0.3 is 15.4 Å². The van der Waals surface area contributed by atoms with Gasteiger partial charge in [0, 0.05) is 18.7 Å². The number of carbonyl (C=O) groups excluding carboxylic acids is 1. The van der Waals surface area contributed by atoms with Crippen LogP contribution in [0.2, 0.25) is 0 Å². The molecule has 0 atom stereocenters. The van der Waals surface area contributed by atoms with Gasteiger partial charge in [-0.3, -0.25) is 0 Å². The number of hydrogen-bond acceptors (Lipinski definition) is 3. The molecule has 0 spiro atoms. The molecule has 1 aliphatic rings. The molecule has 0 unspecified atom stereocenters. The average Bonchev–Trinajstić information content (AvgIpc) is 2.37. The summed E-state index contributed by atoms with van der Waals surface area (Å²) in [5.41, 5.74) is -0.643. The highest BCUT2D eigenvalue weighted by molar-refractivity contribution is 5.69. The fourth-order valence-electron chi connectivity index (χ4n) is 2.58. The molecular weight excluding hydrogens is 302 g/mol. The minimum atomic E-state index is -0.548. The molecule has 1 aliphatic carbocycles. The summed E-state index contributed by atoms with van der Waals surface area (Å²) in [6.45, 7) is 6.13. The first-order chi connectivity index (χ1) is 10.7. The van der Waals surface area contributed by atoms with Crippen LogP contribution in [0.25, 0.3) is 0 Å². The van der Waals surface area contributed by atoms with Gasteiger partial charge in [0.05, 0.1) is 5.54 Å². The minimum Gasteiger partial charge on any atom is -0.444 e. The Morgan fingerprint density at radius 3 is 2.57 bits per heavy atom. The predicted octanol–water partition coefficient (Wildman–Crippen LogP) is 3.50. The lowest BCUT2D eigenvalue weighted by atomic mass is 9.76. The van der Waals surface area contributed by atoms with E-state index < -0.39 is 23.3 Å². The molecule has 1 aromatic carbocycles. The highest BCUT2D eigenvalue weighted by atomic mass is 19.1. The van der Waals surface area contributed by atoms with Crippen LogP contribution in [0.4, 0.5) is 13.6 Å². The van der Waals surface area contributed by atoms with Gasteiger partial charge in [-0.25, -0.2) is 13.6 Å². The van der Waals surface area contributed by atoms with Crippen molar-refractivity contribution in [2.75, 3.05) is 6.54 Å². The SMILES string of the molecule is CC(C)(C)OC(=O)NC1(CNCc2cc(F)ccc2F)CCC1. The zero-order chi connectivity index (χ0) is 17.1. The molecule has 0 bridgehead atoms. The second-order valence-electron chi connectivity index (χ2n) is 7.10. The Labute approximate surface area is 135 Å². The monoisotopic (exact) mass is 326 g/mol. The van der Waals surface area contributed by atoms with Crippen LogP contribution in [0.15, 0.2) is 18.2 Å². The van der Waals surface area contributed by atoms with E-state index in [9.17, 15) is 13.6 Å². The molecule has 0 radical (unpaired) electrons. The number of amides is 1. The van der Waals surface area contributed by atoms with E-state index in [1.165, 1.54) is 6.07 Å². The molecule has 1 fully saturated rings. The Hall–Kier alpha value is -1.69. The van der Waals surface area contributed by atoms with Gasteiger partial charge in [-0.1, -0.05) is 0 Å². The van der Waals surface area contributed by atoms with E-state index in [2.05, 4.69) is 10.6 Å². The number of halogens is 2. The quantitative estimate of drug-likeness (QED) is 0.871. The van der Waals surface area contributed by atoms with Gasteiger partial charge in [0.1, 0.15) is 17.2 Å². The van der Waals surface area contributed by atoms with Crippen molar-refractivity contribution in [3.05, 3.63) is 35.4 Å². The maximum Gasteiger partial charge on any atom is 0.408 e. The second kappa shape index (κ2) is 6.83. The van der Waals surface area contributed by atoms with Crippen molar-refractivity contribution in [2.45, 2.75) is 57.7 Å². The van der Waals surface area contributed by atoms with Gasteiger partial charge in [0.2, 0.25) is 0 Å². The molecule has 1 aromatic rings. The zero-order valence-electron chi connectivity index (χ0n) is 13.8. The van der Waals surface area contributed by atoms with Crippen molar-refractivity contribution in [3.63, 3.8) is 0 Å². The molecule has 0 saturated heterocycles. The molecule has 0 aromatic heterocycles. The molecule has 2 N–H and O–H groups in total. The van der Waals surface area contributed by atoms with Crippen molar-refractivity contribution < 1.29 is 18.3 Å². The fourth-order valence-corrected chi connectivity index (χ4v) is 2.58. The van der Waals surface area contributed by atoms with Gasteiger partial charge in [-0.05, 0) is 58.2 Å². The molecule has 128 valence electrons. The van der Waals surface area contributed by atoms with Gasteiger partial charge in [0.15, 0.2) is 0 Å². The molecule has 6 heteroatoms. The molecule has 0 aliphatic heterocycles. The van der Waals surface area contributed by atoms with E-state index >= 15 is 0 Å². The molecule has 1 saturated carbocycles. The van der Waals surface area contributed by atoms with Gasteiger partial charge in [-0.2, -0.15) is 0 Å². The van der Waals surface area contributed by atoms with E-state index in [0.717, 1.165) is 31.4 Å². The van der Waals surface area contributed by atoms with E-state index in [1.54, 1.807) is 0 Å². The summed E-state index contributed by atoms with van der Waals surface area (Å²) in [7, 11) is 0. The molecule has 23 heavy (non-hydrogen) atoms. The lowest BCUT2D eigenvalue weighted by Gasteiger charge is -2.42. The standard InChI is InChI=1S/C17H24F2N2O2/c1-16(2,3)23-15(22)21-17(7-4-8-17)11-20-10-12-9-13(18)5-6-14(12)19/h5-6,9,20H,4,7-8,10-11H2,1-3H3,(H,21,22). The third-order valence-corrected chi connectivity index (χ3v) is 3.86. The van der Waals surface area contributed by atoms with E-state index in [1.807, 2.05) is 20.8 Å². The maximum atomic E-state index is 13.6. The van der Waals surface area contributed by atoms with Crippen molar-refractivity contribution in [3.8, 4) is 0 Å². The van der Waals surface area contributed by atoms with E-state index in [-0.39, 0.29) is 17.6 Å². The Kier molecular flexibility index (Phi) is 5.24. The first kappa shape index (κ1) is 17.7. The Balaban J connectivity index is 1.87. The molecule has 1 amide bonds. The van der Waals surface area contributed by atoms with Crippen LogP contribution in [-0.2, 0) is 11.3 Å². The summed E-state index contributed by atoms with van der Waals surface area (Å²) in [4.78, 5) is 11.9. The number of benzene rings is 1. The van der Waals surface area contributed by atoms with Gasteiger partial charge >= 0.3 is 6.09 Å². The number of carbonyl (C=O) groups is 1. The van der Waals surface area contributed by atoms with E-state index in [4.69, 9.17) is 4.74 Å². The molecule has 4 nitrogen and oxygen atoms in total. The number of nitrogens with one attached hydrogen (secondary N) is 2. The van der Waals surface area contributed by atoms with Crippen LogP contribution in [0.1, 0.15) is 45.6 Å². The number of ether oxygens (including phenoxy) is 1. The van der Waals surface area contributed by atoms with Crippen LogP contribution in [0, 0.1) is 11.6 Å². The third kappa shape index (κ3) is 5.16. The maximum absolute atomic E-state index is 13.6. The topological polar surface area (TPSA) is 50.4 Å². The second-order valence-corrected chi connectivity index (χ2v) is 7.10. The Morgan fingerprint density at radius 1 is 1.30 bits per heavy atom. The lowest BCUT2D eigenvalue weighted by molar-refractivity contribution is 0.0382. The number of rotatable bonds is 5. The largest absolute Gasteiger partial charge is 0.444 e. The van der Waals surface area contributed by atoms with Crippen LogP contribution in [-0.4, -0.2) is 23.8 Å². The van der Waals surface area contributed by atoms with Gasteiger partial charge in [0.25, 0.3) is 0 Å².